The number of ether oxygens (including phenoxy) is 4. The van der Waals surface area contributed by atoms with Crippen molar-refractivity contribution in [2.45, 2.75) is 13.8 Å². The molecule has 0 saturated carbocycles. The van der Waals surface area contributed by atoms with Crippen molar-refractivity contribution in [3.8, 4) is 28.7 Å². The number of rotatable bonds is 9. The molecule has 0 aliphatic rings. The summed E-state index contributed by atoms with van der Waals surface area (Å²) in [5.74, 6) is -7.17. The van der Waals surface area contributed by atoms with Crippen LogP contribution in [0, 0.1) is 18.0 Å². The van der Waals surface area contributed by atoms with Crippen LogP contribution in [0.2, 0.25) is 0 Å². The van der Waals surface area contributed by atoms with E-state index in [4.69, 9.17) is 19.3 Å². The zero-order valence-electron chi connectivity index (χ0n) is 18.6. The quantitative estimate of drug-likeness (QED) is 0.196. The van der Waals surface area contributed by atoms with E-state index in [1.807, 2.05) is 0 Å². The van der Waals surface area contributed by atoms with E-state index < -0.39 is 69.7 Å². The molecular formula is C21H23NO12. The van der Waals surface area contributed by atoms with Gasteiger partial charge in [-0.2, -0.15) is 5.23 Å². The van der Waals surface area contributed by atoms with Crippen LogP contribution >= 0.6 is 0 Å². The van der Waals surface area contributed by atoms with Crippen LogP contribution < -0.4 is 14.7 Å². The third kappa shape index (κ3) is 5.46. The number of carboxylic acids is 1. The monoisotopic (exact) mass is 481 g/mol. The molecule has 2 atom stereocenters. The average Bonchev–Trinajstić information content (AvgIpc) is 2.76. The summed E-state index contributed by atoms with van der Waals surface area (Å²) in [4.78, 5) is 36.1. The van der Waals surface area contributed by atoms with Crippen LogP contribution in [0.1, 0.15) is 33.2 Å². The lowest BCUT2D eigenvalue weighted by Crippen LogP contribution is -2.99. The van der Waals surface area contributed by atoms with Crippen molar-refractivity contribution in [3.63, 3.8) is 0 Å². The number of aryl methyl sites for hydroxylation is 1. The standard InChI is InChI=1S/C21H23NO12/c1-9-5-11(23)15(21(28)33-8-10(2)19(25)26)13(6-9)34-18-14(31-3)7-12(24)17(22(29)30)16(18)20(27)32-4/h5-7,10,22-24,29H,8H2,1-4H3,(H,25,26)/t10-/m1/s1. The van der Waals surface area contributed by atoms with Gasteiger partial charge in [-0.1, -0.05) is 0 Å². The second-order valence-electron chi connectivity index (χ2n) is 7.07. The fourth-order valence-corrected chi connectivity index (χ4v) is 2.87. The molecule has 0 aliphatic carbocycles. The predicted molar refractivity (Wildman–Crippen MR) is 112 cm³/mol. The number of esters is 2. The van der Waals surface area contributed by atoms with Gasteiger partial charge in [-0.05, 0) is 31.5 Å². The van der Waals surface area contributed by atoms with Gasteiger partial charge >= 0.3 is 17.9 Å². The van der Waals surface area contributed by atoms with E-state index in [0.717, 1.165) is 20.3 Å². The molecule has 0 aliphatic heterocycles. The molecule has 0 saturated heterocycles. The third-order valence-electron chi connectivity index (χ3n) is 4.58. The molecule has 184 valence electrons. The number of nitrogens with one attached hydrogen (secondary N) is 1. The summed E-state index contributed by atoms with van der Waals surface area (Å²) in [5.41, 5.74) is -1.68. The molecule has 0 radical (unpaired) electrons. The van der Waals surface area contributed by atoms with E-state index in [1.54, 1.807) is 6.92 Å². The first-order valence-electron chi connectivity index (χ1n) is 9.59. The summed E-state index contributed by atoms with van der Waals surface area (Å²) in [6.07, 6.45) is 0. The maximum Gasteiger partial charge on any atom is 0.348 e. The molecule has 0 aromatic heterocycles. The van der Waals surface area contributed by atoms with Gasteiger partial charge in [0.2, 0.25) is 5.69 Å². The van der Waals surface area contributed by atoms with E-state index in [9.17, 15) is 35.0 Å². The highest BCUT2D eigenvalue weighted by Crippen LogP contribution is 2.45. The van der Waals surface area contributed by atoms with Crippen LogP contribution in [-0.2, 0) is 14.3 Å². The Morgan fingerprint density at radius 2 is 1.68 bits per heavy atom. The number of aliphatic carboxylic acids is 1. The number of aromatic hydroxyl groups is 2. The van der Waals surface area contributed by atoms with E-state index >= 15 is 0 Å². The summed E-state index contributed by atoms with van der Waals surface area (Å²) < 4.78 is 20.4. The molecular weight excluding hydrogens is 458 g/mol. The molecule has 5 N–H and O–H groups in total. The summed E-state index contributed by atoms with van der Waals surface area (Å²) in [5, 5.41) is 49.0. The molecule has 2 rings (SSSR count). The minimum absolute atomic E-state index is 0.289. The number of benzene rings is 2. The Labute approximate surface area is 192 Å². The second-order valence-corrected chi connectivity index (χ2v) is 7.07. The molecule has 1 unspecified atom stereocenters. The van der Waals surface area contributed by atoms with Gasteiger partial charge in [0.1, 0.15) is 23.7 Å². The van der Waals surface area contributed by atoms with Gasteiger partial charge in [-0.25, -0.2) is 14.8 Å². The normalized spacial score (nSPS) is 12.4. The van der Waals surface area contributed by atoms with Crippen molar-refractivity contribution >= 4 is 23.6 Å². The number of carbonyl (C=O) groups excluding carboxylic acids is 2. The number of phenolic OH excluding ortho intramolecular Hbond substituents is 2. The summed E-state index contributed by atoms with van der Waals surface area (Å²) in [6, 6.07) is 3.38. The SMILES string of the molecule is COC(=O)c1c(Oc2cc(C)cc(O)c2C(=O)OC[C@@H](C)C(=O)O)c(OC)cc(O)c1[NH+]([O-])O. The largest absolute Gasteiger partial charge is 0.595 e. The fourth-order valence-electron chi connectivity index (χ4n) is 2.87. The number of carboxylic acid groups (broad SMARTS) is 1. The second kappa shape index (κ2) is 10.7. The molecule has 2 aromatic carbocycles. The molecule has 0 spiro atoms. The molecule has 2 aromatic rings. The number of phenols is 2. The van der Waals surface area contributed by atoms with Crippen LogP contribution in [-0.4, -0.2) is 59.3 Å². The van der Waals surface area contributed by atoms with Gasteiger partial charge < -0.3 is 39.5 Å². The Hall–Kier alpha value is -4.07. The van der Waals surface area contributed by atoms with Crippen LogP contribution in [0.3, 0.4) is 0 Å². The van der Waals surface area contributed by atoms with Gasteiger partial charge in [-0.15, -0.1) is 0 Å². The van der Waals surface area contributed by atoms with E-state index in [2.05, 4.69) is 4.74 Å². The van der Waals surface area contributed by atoms with Crippen molar-refractivity contribution in [2.75, 3.05) is 20.8 Å². The Morgan fingerprint density at radius 1 is 1.03 bits per heavy atom. The highest BCUT2D eigenvalue weighted by Gasteiger charge is 2.33. The lowest BCUT2D eigenvalue weighted by Gasteiger charge is -2.21. The molecule has 0 heterocycles. The zero-order chi connectivity index (χ0) is 25.7. The Bertz CT molecular complexity index is 1110. The Balaban J connectivity index is 2.69. The molecule has 0 fully saturated rings. The Kier molecular flexibility index (Phi) is 8.24. The van der Waals surface area contributed by atoms with Crippen LogP contribution in [0.25, 0.3) is 0 Å². The van der Waals surface area contributed by atoms with E-state index in [0.29, 0.717) is 5.56 Å². The number of carbonyl (C=O) groups is 3. The predicted octanol–water partition coefficient (Wildman–Crippen LogP) is 1.27. The highest BCUT2D eigenvalue weighted by atomic mass is 16.8. The van der Waals surface area contributed by atoms with Gasteiger partial charge in [0.15, 0.2) is 22.8 Å². The maximum atomic E-state index is 12.7. The molecule has 0 bridgehead atoms. The fraction of sp³-hybridized carbons (Fsp3) is 0.286. The van der Waals surface area contributed by atoms with Crippen molar-refractivity contribution in [1.82, 2.24) is 0 Å². The average molecular weight is 481 g/mol. The number of hydrogen-bond acceptors (Lipinski definition) is 11. The third-order valence-corrected chi connectivity index (χ3v) is 4.58. The number of quaternary nitrogens is 1. The first kappa shape index (κ1) is 26.2. The lowest BCUT2D eigenvalue weighted by atomic mass is 10.1. The maximum absolute atomic E-state index is 12.7. The topological polar surface area (TPSA) is 197 Å². The smallest absolute Gasteiger partial charge is 0.348 e. The molecule has 13 nitrogen and oxygen atoms in total. The number of hydrogen-bond donors (Lipinski definition) is 5. The summed E-state index contributed by atoms with van der Waals surface area (Å²) in [7, 11) is 2.12. The first-order chi connectivity index (χ1) is 15.9. The zero-order valence-corrected chi connectivity index (χ0v) is 18.6. The van der Waals surface area contributed by atoms with E-state index in [1.165, 1.54) is 19.1 Å². The minimum atomic E-state index is -1.68. The van der Waals surface area contributed by atoms with Crippen LogP contribution in [0.4, 0.5) is 5.69 Å². The van der Waals surface area contributed by atoms with Gasteiger partial charge in [0.05, 0.1) is 20.1 Å². The summed E-state index contributed by atoms with van der Waals surface area (Å²) in [6.45, 7) is 2.34. The molecule has 0 amide bonds. The van der Waals surface area contributed by atoms with E-state index in [-0.39, 0.29) is 11.5 Å². The van der Waals surface area contributed by atoms with Gasteiger partial charge in [-0.3, -0.25) is 4.79 Å². The van der Waals surface area contributed by atoms with Crippen molar-refractivity contribution in [3.05, 3.63) is 40.1 Å². The van der Waals surface area contributed by atoms with Crippen LogP contribution in [0.5, 0.6) is 28.7 Å². The first-order valence-corrected chi connectivity index (χ1v) is 9.59. The molecule has 13 heteroatoms. The Morgan fingerprint density at radius 3 is 2.21 bits per heavy atom. The van der Waals surface area contributed by atoms with Gasteiger partial charge in [0.25, 0.3) is 0 Å². The van der Waals surface area contributed by atoms with Crippen LogP contribution in [0.15, 0.2) is 18.2 Å². The summed E-state index contributed by atoms with van der Waals surface area (Å²) >= 11 is 0. The lowest BCUT2D eigenvalue weighted by molar-refractivity contribution is -0.991. The molecule has 34 heavy (non-hydrogen) atoms. The van der Waals surface area contributed by atoms with Crippen molar-refractivity contribution < 1.29 is 59.1 Å². The highest BCUT2D eigenvalue weighted by molar-refractivity contribution is 6.00. The van der Waals surface area contributed by atoms with Crippen molar-refractivity contribution in [1.29, 1.82) is 0 Å². The number of methoxy groups -OCH3 is 2. The van der Waals surface area contributed by atoms with Crippen molar-refractivity contribution in [2.24, 2.45) is 5.92 Å². The van der Waals surface area contributed by atoms with Gasteiger partial charge in [0, 0.05) is 6.07 Å². The minimum Gasteiger partial charge on any atom is -0.595 e.